The molecule has 1 aromatic carbocycles. The molecule has 0 aliphatic heterocycles. The van der Waals surface area contributed by atoms with Crippen LogP contribution in [0.25, 0.3) is 10.6 Å². The molecule has 0 bridgehead atoms. The number of hydrogen-bond acceptors (Lipinski definition) is 4. The summed E-state index contributed by atoms with van der Waals surface area (Å²) in [5.41, 5.74) is 3.92. The third-order valence-electron chi connectivity index (χ3n) is 3.21. The Morgan fingerprint density at radius 2 is 2.29 bits per heavy atom. The van der Waals surface area contributed by atoms with Gasteiger partial charge in [0, 0.05) is 42.6 Å². The predicted molar refractivity (Wildman–Crippen MR) is 85.0 cm³/mol. The van der Waals surface area contributed by atoms with Crippen LogP contribution in [-0.2, 0) is 13.6 Å². The van der Waals surface area contributed by atoms with Gasteiger partial charge in [-0.2, -0.15) is 5.26 Å². The average molecular weight is 294 g/mol. The van der Waals surface area contributed by atoms with Gasteiger partial charge in [-0.3, -0.25) is 0 Å². The summed E-state index contributed by atoms with van der Waals surface area (Å²) in [5.74, 6) is 0. The first-order valence-corrected chi connectivity index (χ1v) is 7.43. The fraction of sp³-hybridized carbons (Fsp3) is 0.125. The molecule has 3 aromatic rings. The van der Waals surface area contributed by atoms with Crippen molar-refractivity contribution in [3.8, 4) is 16.6 Å². The summed E-state index contributed by atoms with van der Waals surface area (Å²) in [6.07, 6.45) is 3.78. The lowest BCUT2D eigenvalue weighted by Gasteiger charge is -2.06. The smallest absolute Gasteiger partial charge is 0.123 e. The number of rotatable bonds is 4. The minimum Gasteiger partial charge on any atom is -0.381 e. The highest BCUT2D eigenvalue weighted by atomic mass is 32.1. The summed E-state index contributed by atoms with van der Waals surface area (Å²) < 4.78 is 1.84. The van der Waals surface area contributed by atoms with Crippen LogP contribution in [0.3, 0.4) is 0 Å². The Morgan fingerprint density at radius 1 is 1.38 bits per heavy atom. The van der Waals surface area contributed by atoms with E-state index in [0.29, 0.717) is 12.2 Å². The SMILES string of the molecule is Cn1cc(CNc2cccc(-c3nccs3)c2)cc1C#N. The molecule has 3 rings (SSSR count). The normalized spacial score (nSPS) is 10.3. The van der Waals surface area contributed by atoms with E-state index >= 15 is 0 Å². The summed E-state index contributed by atoms with van der Waals surface area (Å²) >= 11 is 1.63. The van der Waals surface area contributed by atoms with E-state index < -0.39 is 0 Å². The van der Waals surface area contributed by atoms with Crippen molar-refractivity contribution in [3.63, 3.8) is 0 Å². The Labute approximate surface area is 127 Å². The molecule has 0 saturated carbocycles. The maximum atomic E-state index is 8.96. The van der Waals surface area contributed by atoms with E-state index in [0.717, 1.165) is 21.8 Å². The predicted octanol–water partition coefficient (Wildman–Crippen LogP) is 3.63. The molecule has 1 N–H and O–H groups in total. The molecular formula is C16H14N4S. The van der Waals surface area contributed by atoms with Crippen LogP contribution < -0.4 is 5.32 Å². The van der Waals surface area contributed by atoms with Crippen molar-refractivity contribution in [3.05, 3.63) is 59.4 Å². The van der Waals surface area contributed by atoms with Crippen molar-refractivity contribution >= 4 is 17.0 Å². The third kappa shape index (κ3) is 2.96. The van der Waals surface area contributed by atoms with Gasteiger partial charge in [-0.1, -0.05) is 12.1 Å². The molecule has 0 saturated heterocycles. The molecule has 0 spiro atoms. The molecule has 2 aromatic heterocycles. The van der Waals surface area contributed by atoms with Gasteiger partial charge in [-0.25, -0.2) is 4.98 Å². The fourth-order valence-electron chi connectivity index (χ4n) is 2.17. The zero-order valence-electron chi connectivity index (χ0n) is 11.6. The second kappa shape index (κ2) is 5.81. The van der Waals surface area contributed by atoms with Crippen LogP contribution in [0.4, 0.5) is 5.69 Å². The molecule has 0 amide bonds. The van der Waals surface area contributed by atoms with Gasteiger partial charge in [0.15, 0.2) is 0 Å². The fourth-order valence-corrected chi connectivity index (χ4v) is 2.81. The minimum atomic E-state index is 0.670. The van der Waals surface area contributed by atoms with Crippen LogP contribution in [-0.4, -0.2) is 9.55 Å². The Bertz CT molecular complexity index is 781. The Hall–Kier alpha value is -2.58. The van der Waals surface area contributed by atoms with E-state index in [-0.39, 0.29) is 0 Å². The highest BCUT2D eigenvalue weighted by Crippen LogP contribution is 2.24. The highest BCUT2D eigenvalue weighted by Gasteiger charge is 2.04. The first-order chi connectivity index (χ1) is 10.3. The molecule has 5 heteroatoms. The van der Waals surface area contributed by atoms with Crippen molar-refractivity contribution in [1.29, 1.82) is 5.26 Å². The number of hydrogen-bond donors (Lipinski definition) is 1. The Kier molecular flexibility index (Phi) is 3.71. The van der Waals surface area contributed by atoms with Gasteiger partial charge in [0.1, 0.15) is 16.8 Å². The van der Waals surface area contributed by atoms with Crippen molar-refractivity contribution < 1.29 is 0 Å². The Balaban J connectivity index is 1.73. The van der Waals surface area contributed by atoms with Crippen molar-refractivity contribution in [2.45, 2.75) is 6.54 Å². The molecule has 0 aliphatic rings. The van der Waals surface area contributed by atoms with E-state index in [9.17, 15) is 0 Å². The van der Waals surface area contributed by atoms with Crippen LogP contribution in [0.2, 0.25) is 0 Å². The lowest BCUT2D eigenvalue weighted by molar-refractivity contribution is 0.902. The number of aryl methyl sites for hydroxylation is 1. The first-order valence-electron chi connectivity index (χ1n) is 6.55. The summed E-state index contributed by atoms with van der Waals surface area (Å²) in [4.78, 5) is 4.32. The second-order valence-corrected chi connectivity index (χ2v) is 5.62. The Morgan fingerprint density at radius 3 is 3.00 bits per heavy atom. The van der Waals surface area contributed by atoms with E-state index in [4.69, 9.17) is 5.26 Å². The molecule has 4 nitrogen and oxygen atoms in total. The number of nitriles is 1. The van der Waals surface area contributed by atoms with Crippen molar-refractivity contribution in [2.75, 3.05) is 5.32 Å². The minimum absolute atomic E-state index is 0.670. The number of nitrogens with one attached hydrogen (secondary N) is 1. The average Bonchev–Trinajstić information content (AvgIpc) is 3.15. The lowest BCUT2D eigenvalue weighted by atomic mass is 10.2. The van der Waals surface area contributed by atoms with Gasteiger partial charge in [-0.05, 0) is 23.8 Å². The van der Waals surface area contributed by atoms with Crippen LogP contribution in [0.5, 0.6) is 0 Å². The summed E-state index contributed by atoms with van der Waals surface area (Å²) in [5, 5.41) is 15.3. The van der Waals surface area contributed by atoms with Gasteiger partial charge in [0.2, 0.25) is 0 Å². The molecule has 104 valence electrons. The molecule has 0 radical (unpaired) electrons. The summed E-state index contributed by atoms with van der Waals surface area (Å²) in [7, 11) is 1.88. The van der Waals surface area contributed by atoms with Crippen molar-refractivity contribution in [2.24, 2.45) is 7.05 Å². The third-order valence-corrected chi connectivity index (χ3v) is 4.04. The van der Waals surface area contributed by atoms with Crippen molar-refractivity contribution in [1.82, 2.24) is 9.55 Å². The number of nitrogens with zero attached hydrogens (tertiary/aromatic N) is 3. The van der Waals surface area contributed by atoms with Crippen LogP contribution in [0.15, 0.2) is 48.1 Å². The van der Waals surface area contributed by atoms with Crippen LogP contribution in [0, 0.1) is 11.3 Å². The van der Waals surface area contributed by atoms with Gasteiger partial charge in [0.25, 0.3) is 0 Å². The maximum absolute atomic E-state index is 8.96. The number of aromatic nitrogens is 2. The first kappa shape index (κ1) is 13.4. The topological polar surface area (TPSA) is 53.6 Å². The van der Waals surface area contributed by atoms with Crippen LogP contribution >= 0.6 is 11.3 Å². The molecule has 0 unspecified atom stereocenters. The van der Waals surface area contributed by atoms with Gasteiger partial charge in [0.05, 0.1) is 0 Å². The van der Waals surface area contributed by atoms with E-state index in [1.54, 1.807) is 11.3 Å². The van der Waals surface area contributed by atoms with Gasteiger partial charge in [-0.15, -0.1) is 11.3 Å². The monoisotopic (exact) mass is 294 g/mol. The quantitative estimate of drug-likeness (QED) is 0.799. The lowest BCUT2D eigenvalue weighted by Crippen LogP contribution is -1.98. The van der Waals surface area contributed by atoms with E-state index in [1.807, 2.05) is 47.6 Å². The van der Waals surface area contributed by atoms with Crippen LogP contribution in [0.1, 0.15) is 11.3 Å². The number of anilines is 1. The molecule has 0 aliphatic carbocycles. The molecule has 0 fully saturated rings. The number of thiazole rings is 1. The maximum Gasteiger partial charge on any atom is 0.123 e. The second-order valence-electron chi connectivity index (χ2n) is 4.73. The summed E-state index contributed by atoms with van der Waals surface area (Å²) in [6, 6.07) is 12.3. The van der Waals surface area contributed by atoms with Gasteiger partial charge < -0.3 is 9.88 Å². The van der Waals surface area contributed by atoms with E-state index in [1.165, 1.54) is 0 Å². The highest BCUT2D eigenvalue weighted by molar-refractivity contribution is 7.13. The molecule has 2 heterocycles. The van der Waals surface area contributed by atoms with E-state index in [2.05, 4.69) is 28.5 Å². The summed E-state index contributed by atoms with van der Waals surface area (Å²) in [6.45, 7) is 0.691. The number of benzene rings is 1. The molecular weight excluding hydrogens is 280 g/mol. The molecule has 0 atom stereocenters. The zero-order valence-corrected chi connectivity index (χ0v) is 12.4. The van der Waals surface area contributed by atoms with Gasteiger partial charge >= 0.3 is 0 Å². The zero-order chi connectivity index (χ0) is 14.7. The largest absolute Gasteiger partial charge is 0.381 e. The molecule has 21 heavy (non-hydrogen) atoms. The standard InChI is InChI=1S/C16H14N4S/c1-20-11-12(7-15(20)9-17)10-19-14-4-2-3-13(8-14)16-18-5-6-21-16/h2-8,11,19H,10H2,1H3.